The SMILES string of the molecule is Cc1cccc(-c2nc(CC(=O)N3CCCCC3)no2)c1. The molecule has 5 heteroatoms. The van der Waals surface area contributed by atoms with Gasteiger partial charge in [0.25, 0.3) is 5.89 Å². The van der Waals surface area contributed by atoms with E-state index in [1.807, 2.05) is 36.1 Å². The van der Waals surface area contributed by atoms with Crippen LogP contribution >= 0.6 is 0 Å². The zero-order chi connectivity index (χ0) is 14.7. The highest BCUT2D eigenvalue weighted by Crippen LogP contribution is 2.18. The van der Waals surface area contributed by atoms with Crippen molar-refractivity contribution in [2.45, 2.75) is 32.6 Å². The third kappa shape index (κ3) is 3.29. The van der Waals surface area contributed by atoms with Gasteiger partial charge in [-0.1, -0.05) is 22.9 Å². The average Bonchev–Trinajstić information content (AvgIpc) is 2.97. The molecular formula is C16H19N3O2. The van der Waals surface area contributed by atoms with Crippen molar-refractivity contribution in [2.75, 3.05) is 13.1 Å². The molecule has 0 radical (unpaired) electrons. The number of nitrogens with zero attached hydrogens (tertiary/aromatic N) is 3. The van der Waals surface area contributed by atoms with Gasteiger partial charge in [-0.2, -0.15) is 4.98 Å². The Bertz CT molecular complexity index is 630. The highest BCUT2D eigenvalue weighted by Gasteiger charge is 2.19. The van der Waals surface area contributed by atoms with Crippen LogP contribution in [0.25, 0.3) is 11.5 Å². The van der Waals surface area contributed by atoms with Crippen LogP contribution in [0.3, 0.4) is 0 Å². The van der Waals surface area contributed by atoms with Crippen LogP contribution in [0.5, 0.6) is 0 Å². The van der Waals surface area contributed by atoms with Crippen molar-refractivity contribution in [3.63, 3.8) is 0 Å². The third-order valence-corrected chi connectivity index (χ3v) is 3.75. The zero-order valence-electron chi connectivity index (χ0n) is 12.2. The number of piperidine rings is 1. The van der Waals surface area contributed by atoms with Crippen molar-refractivity contribution in [2.24, 2.45) is 0 Å². The fourth-order valence-corrected chi connectivity index (χ4v) is 2.61. The van der Waals surface area contributed by atoms with Gasteiger partial charge in [0.1, 0.15) is 0 Å². The standard InChI is InChI=1S/C16H19N3O2/c1-12-6-5-7-13(10-12)16-17-14(18-21-16)11-15(20)19-8-3-2-4-9-19/h5-7,10H,2-4,8-9,11H2,1H3. The number of hydrogen-bond acceptors (Lipinski definition) is 4. The average molecular weight is 285 g/mol. The molecule has 2 aromatic rings. The minimum atomic E-state index is 0.0892. The lowest BCUT2D eigenvalue weighted by atomic mass is 10.1. The van der Waals surface area contributed by atoms with Gasteiger partial charge in [0, 0.05) is 18.7 Å². The largest absolute Gasteiger partial charge is 0.342 e. The molecule has 2 heterocycles. The number of aromatic nitrogens is 2. The van der Waals surface area contributed by atoms with Crippen LogP contribution in [-0.4, -0.2) is 34.0 Å². The summed E-state index contributed by atoms with van der Waals surface area (Å²) in [7, 11) is 0. The maximum Gasteiger partial charge on any atom is 0.257 e. The van der Waals surface area contributed by atoms with Gasteiger partial charge in [-0.3, -0.25) is 4.79 Å². The summed E-state index contributed by atoms with van der Waals surface area (Å²) in [6, 6.07) is 7.88. The molecule has 1 fully saturated rings. The Morgan fingerprint density at radius 1 is 1.29 bits per heavy atom. The molecule has 1 aliphatic heterocycles. The highest BCUT2D eigenvalue weighted by molar-refractivity contribution is 5.78. The minimum absolute atomic E-state index is 0.0892. The van der Waals surface area contributed by atoms with Crippen molar-refractivity contribution < 1.29 is 9.32 Å². The summed E-state index contributed by atoms with van der Waals surface area (Å²) in [5, 5.41) is 3.92. The Morgan fingerprint density at radius 3 is 2.86 bits per heavy atom. The highest BCUT2D eigenvalue weighted by atomic mass is 16.5. The van der Waals surface area contributed by atoms with Gasteiger partial charge in [-0.15, -0.1) is 0 Å². The first-order chi connectivity index (χ1) is 10.2. The van der Waals surface area contributed by atoms with E-state index < -0.39 is 0 Å². The topological polar surface area (TPSA) is 59.2 Å². The minimum Gasteiger partial charge on any atom is -0.342 e. The normalized spacial score (nSPS) is 15.2. The molecule has 0 spiro atoms. The van der Waals surface area contributed by atoms with Gasteiger partial charge in [0.2, 0.25) is 5.91 Å². The Balaban J connectivity index is 1.69. The Kier molecular flexibility index (Phi) is 3.99. The fourth-order valence-electron chi connectivity index (χ4n) is 2.61. The van der Waals surface area contributed by atoms with E-state index in [0.717, 1.165) is 37.1 Å². The third-order valence-electron chi connectivity index (χ3n) is 3.75. The van der Waals surface area contributed by atoms with Crippen LogP contribution in [0, 0.1) is 6.92 Å². The van der Waals surface area contributed by atoms with E-state index in [4.69, 9.17) is 4.52 Å². The van der Waals surface area contributed by atoms with E-state index in [1.54, 1.807) is 0 Å². The van der Waals surface area contributed by atoms with Crippen molar-refractivity contribution in [1.29, 1.82) is 0 Å². The van der Waals surface area contributed by atoms with Gasteiger partial charge in [0.05, 0.1) is 6.42 Å². The Morgan fingerprint density at radius 2 is 2.10 bits per heavy atom. The number of carbonyl (C=O) groups excluding carboxylic acids is 1. The van der Waals surface area contributed by atoms with Crippen LogP contribution in [-0.2, 0) is 11.2 Å². The van der Waals surface area contributed by atoms with Crippen molar-refractivity contribution in [3.8, 4) is 11.5 Å². The molecule has 0 saturated carbocycles. The molecule has 0 aliphatic carbocycles. The molecule has 1 saturated heterocycles. The molecule has 5 nitrogen and oxygen atoms in total. The molecule has 110 valence electrons. The van der Waals surface area contributed by atoms with Gasteiger partial charge >= 0.3 is 0 Å². The Labute approximate surface area is 124 Å². The summed E-state index contributed by atoms with van der Waals surface area (Å²) in [4.78, 5) is 18.4. The molecule has 0 atom stereocenters. The van der Waals surface area contributed by atoms with Gasteiger partial charge in [-0.25, -0.2) is 0 Å². The van der Waals surface area contributed by atoms with E-state index in [9.17, 15) is 4.79 Å². The molecule has 21 heavy (non-hydrogen) atoms. The van der Waals surface area contributed by atoms with E-state index in [2.05, 4.69) is 10.1 Å². The first kappa shape index (κ1) is 13.8. The Hall–Kier alpha value is -2.17. The monoisotopic (exact) mass is 285 g/mol. The van der Waals surface area contributed by atoms with Crippen LogP contribution in [0.4, 0.5) is 0 Å². The summed E-state index contributed by atoms with van der Waals surface area (Å²) < 4.78 is 5.26. The number of likely N-dealkylation sites (tertiary alicyclic amines) is 1. The van der Waals surface area contributed by atoms with Crippen molar-refractivity contribution in [3.05, 3.63) is 35.7 Å². The number of hydrogen-bond donors (Lipinski definition) is 0. The predicted molar refractivity (Wildman–Crippen MR) is 78.6 cm³/mol. The summed E-state index contributed by atoms with van der Waals surface area (Å²) in [6.45, 7) is 3.71. The van der Waals surface area contributed by atoms with Crippen LogP contribution in [0.2, 0.25) is 0 Å². The van der Waals surface area contributed by atoms with E-state index >= 15 is 0 Å². The number of benzene rings is 1. The molecule has 0 unspecified atom stereocenters. The lowest BCUT2D eigenvalue weighted by Crippen LogP contribution is -2.36. The molecule has 1 amide bonds. The first-order valence-electron chi connectivity index (χ1n) is 7.40. The van der Waals surface area contributed by atoms with Gasteiger partial charge < -0.3 is 9.42 Å². The number of rotatable bonds is 3. The second-order valence-corrected chi connectivity index (χ2v) is 5.50. The molecule has 1 aromatic heterocycles. The summed E-state index contributed by atoms with van der Waals surface area (Å²) in [6.07, 6.45) is 3.61. The van der Waals surface area contributed by atoms with E-state index in [1.165, 1.54) is 6.42 Å². The summed E-state index contributed by atoms with van der Waals surface area (Å²) in [5.74, 6) is 1.02. The van der Waals surface area contributed by atoms with Crippen molar-refractivity contribution >= 4 is 5.91 Å². The molecule has 0 N–H and O–H groups in total. The first-order valence-corrected chi connectivity index (χ1v) is 7.40. The molecule has 0 bridgehead atoms. The smallest absolute Gasteiger partial charge is 0.257 e. The summed E-state index contributed by atoms with van der Waals surface area (Å²) in [5.41, 5.74) is 2.02. The molecule has 1 aromatic carbocycles. The van der Waals surface area contributed by atoms with E-state index in [-0.39, 0.29) is 12.3 Å². The van der Waals surface area contributed by atoms with Gasteiger partial charge in [-0.05, 0) is 38.3 Å². The molecule has 1 aliphatic rings. The second kappa shape index (κ2) is 6.08. The maximum absolute atomic E-state index is 12.2. The number of aryl methyl sites for hydroxylation is 1. The van der Waals surface area contributed by atoms with Crippen LogP contribution in [0.15, 0.2) is 28.8 Å². The van der Waals surface area contributed by atoms with Crippen LogP contribution < -0.4 is 0 Å². The number of carbonyl (C=O) groups is 1. The lowest BCUT2D eigenvalue weighted by Gasteiger charge is -2.26. The lowest BCUT2D eigenvalue weighted by molar-refractivity contribution is -0.131. The fraction of sp³-hybridized carbons (Fsp3) is 0.438. The second-order valence-electron chi connectivity index (χ2n) is 5.50. The van der Waals surface area contributed by atoms with Crippen molar-refractivity contribution in [1.82, 2.24) is 15.0 Å². The molecular weight excluding hydrogens is 266 g/mol. The maximum atomic E-state index is 12.2. The van der Waals surface area contributed by atoms with Gasteiger partial charge in [0.15, 0.2) is 5.82 Å². The van der Waals surface area contributed by atoms with Crippen LogP contribution in [0.1, 0.15) is 30.7 Å². The van der Waals surface area contributed by atoms with E-state index in [0.29, 0.717) is 11.7 Å². The number of amides is 1. The molecule has 3 rings (SSSR count). The zero-order valence-corrected chi connectivity index (χ0v) is 12.2. The quantitative estimate of drug-likeness (QED) is 0.869. The predicted octanol–water partition coefficient (Wildman–Crippen LogP) is 2.60. The summed E-state index contributed by atoms with van der Waals surface area (Å²) >= 11 is 0.